The van der Waals surface area contributed by atoms with Crippen LogP contribution < -0.4 is 10.6 Å². The molecule has 1 aliphatic heterocycles. The fraction of sp³-hybridized carbons (Fsp3) is 0.857. The number of amides is 3. The molecule has 7 heteroatoms. The van der Waals surface area contributed by atoms with Crippen LogP contribution in [0.4, 0.5) is 0 Å². The summed E-state index contributed by atoms with van der Waals surface area (Å²) < 4.78 is 0. The Morgan fingerprint density at radius 2 is 1.50 bits per heavy atom. The van der Waals surface area contributed by atoms with Gasteiger partial charge >= 0.3 is 0 Å². The molecule has 0 aliphatic carbocycles. The Hall–Kier alpha value is -1.63. The first-order valence-electron chi connectivity index (χ1n) is 10.7. The van der Waals surface area contributed by atoms with Crippen molar-refractivity contribution in [2.75, 3.05) is 13.1 Å². The first-order valence-corrected chi connectivity index (χ1v) is 10.7. The van der Waals surface area contributed by atoms with Gasteiger partial charge in [0.05, 0.1) is 12.5 Å². The lowest BCUT2D eigenvalue weighted by atomic mass is 9.85. The van der Waals surface area contributed by atoms with Gasteiger partial charge in [-0.05, 0) is 18.3 Å². The van der Waals surface area contributed by atoms with Crippen LogP contribution in [0.2, 0.25) is 0 Å². The summed E-state index contributed by atoms with van der Waals surface area (Å²) in [7, 11) is 0. The van der Waals surface area contributed by atoms with Crippen LogP contribution in [0.25, 0.3) is 0 Å². The highest BCUT2D eigenvalue weighted by molar-refractivity contribution is 5.89. The van der Waals surface area contributed by atoms with Gasteiger partial charge in [0.1, 0.15) is 6.04 Å². The monoisotopic (exact) mass is 397 g/mol. The average Bonchev–Trinajstić information content (AvgIpc) is 2.63. The fourth-order valence-corrected chi connectivity index (χ4v) is 3.58. The third kappa shape index (κ3) is 9.53. The van der Waals surface area contributed by atoms with Crippen LogP contribution in [0.15, 0.2) is 0 Å². The Morgan fingerprint density at radius 3 is 2.04 bits per heavy atom. The Balaban J connectivity index is 2.88. The van der Waals surface area contributed by atoms with Crippen molar-refractivity contribution in [3.8, 4) is 0 Å². The van der Waals surface area contributed by atoms with E-state index >= 15 is 0 Å². The Labute approximate surface area is 169 Å². The largest absolute Gasteiger partial charge is 0.354 e. The molecule has 3 N–H and O–H groups in total. The van der Waals surface area contributed by atoms with E-state index in [-0.39, 0.29) is 18.4 Å². The summed E-state index contributed by atoms with van der Waals surface area (Å²) in [5, 5.41) is 15.9. The highest BCUT2D eigenvalue weighted by Gasteiger charge is 2.34. The lowest BCUT2D eigenvalue weighted by Gasteiger charge is -2.32. The summed E-state index contributed by atoms with van der Waals surface area (Å²) in [5.41, 5.74) is -0.448. The average molecular weight is 398 g/mol. The number of carbonyl (C=O) groups excluding carboxylic acids is 3. The zero-order chi connectivity index (χ0) is 21.0. The molecule has 2 atom stereocenters. The summed E-state index contributed by atoms with van der Waals surface area (Å²) in [6.45, 7) is 6.30. The van der Waals surface area contributed by atoms with Crippen LogP contribution in [0.1, 0.15) is 85.0 Å². The van der Waals surface area contributed by atoms with Crippen molar-refractivity contribution in [2.24, 2.45) is 11.3 Å². The van der Waals surface area contributed by atoms with Crippen LogP contribution in [0, 0.1) is 11.3 Å². The summed E-state index contributed by atoms with van der Waals surface area (Å²) in [4.78, 5) is 36.4. The van der Waals surface area contributed by atoms with E-state index in [1.807, 2.05) is 20.8 Å². The minimum absolute atomic E-state index is 0.0617. The maximum Gasteiger partial charge on any atom is 0.243 e. The number of nitrogens with zero attached hydrogens (tertiary/aromatic N) is 1. The van der Waals surface area contributed by atoms with Crippen molar-refractivity contribution in [3.63, 3.8) is 0 Å². The molecule has 28 heavy (non-hydrogen) atoms. The molecule has 1 aliphatic rings. The smallest absolute Gasteiger partial charge is 0.243 e. The van der Waals surface area contributed by atoms with Gasteiger partial charge in [0.15, 0.2) is 0 Å². The van der Waals surface area contributed by atoms with Crippen molar-refractivity contribution in [3.05, 3.63) is 0 Å². The molecule has 162 valence electrons. The molecule has 0 spiro atoms. The van der Waals surface area contributed by atoms with Gasteiger partial charge in [-0.3, -0.25) is 19.6 Å². The van der Waals surface area contributed by atoms with Crippen molar-refractivity contribution in [1.29, 1.82) is 0 Å². The van der Waals surface area contributed by atoms with Gasteiger partial charge in [-0.2, -0.15) is 0 Å². The number of rotatable bonds is 3. The van der Waals surface area contributed by atoms with E-state index in [9.17, 15) is 19.6 Å². The molecule has 0 saturated carbocycles. The first kappa shape index (κ1) is 24.4. The minimum Gasteiger partial charge on any atom is -0.354 e. The van der Waals surface area contributed by atoms with Gasteiger partial charge < -0.3 is 10.6 Å². The van der Waals surface area contributed by atoms with E-state index in [0.717, 1.165) is 32.1 Å². The van der Waals surface area contributed by atoms with E-state index in [1.54, 1.807) is 0 Å². The molecule has 7 nitrogen and oxygen atoms in total. The highest BCUT2D eigenvalue weighted by atomic mass is 16.5. The SMILES string of the molecule is CC(C)(C)[C@@H]1NC(=O)C(CN(O)C=O)CCCCCCCCCCCNC1=O. The van der Waals surface area contributed by atoms with E-state index in [4.69, 9.17) is 0 Å². The summed E-state index contributed by atoms with van der Waals surface area (Å²) in [6.07, 6.45) is 10.8. The lowest BCUT2D eigenvalue weighted by Crippen LogP contribution is -2.55. The molecule has 0 aromatic rings. The highest BCUT2D eigenvalue weighted by Crippen LogP contribution is 2.21. The maximum atomic E-state index is 12.9. The van der Waals surface area contributed by atoms with Crippen molar-refractivity contribution >= 4 is 18.2 Å². The summed E-state index contributed by atoms with van der Waals surface area (Å²) in [6, 6.07) is -0.665. The molecule has 0 radical (unpaired) electrons. The standard InChI is InChI=1S/C21H39N3O4/c1-21(2,3)18-20(27)22-14-12-10-8-6-4-5-7-9-11-13-17(19(26)23-18)15-24(28)16-25/h16-18,28H,4-15H2,1-3H3,(H,22,27)(H,23,26)/t17?,18-/m1/s1. The Bertz CT molecular complexity index is 491. The quantitative estimate of drug-likeness (QED) is 0.387. The third-order valence-corrected chi connectivity index (χ3v) is 5.34. The van der Waals surface area contributed by atoms with Gasteiger partial charge in [0.25, 0.3) is 0 Å². The zero-order valence-corrected chi connectivity index (χ0v) is 17.8. The third-order valence-electron chi connectivity index (χ3n) is 5.34. The summed E-state index contributed by atoms with van der Waals surface area (Å²) >= 11 is 0. The van der Waals surface area contributed by atoms with Crippen molar-refractivity contribution in [2.45, 2.75) is 91.0 Å². The van der Waals surface area contributed by atoms with Crippen LogP contribution in [-0.4, -0.2) is 47.6 Å². The molecule has 0 aromatic heterocycles. The van der Waals surface area contributed by atoms with Gasteiger partial charge in [0.2, 0.25) is 18.2 Å². The minimum atomic E-state index is -0.665. The lowest BCUT2D eigenvalue weighted by molar-refractivity contribution is -0.155. The molecule has 0 bridgehead atoms. The molecule has 1 rings (SSSR count). The van der Waals surface area contributed by atoms with Gasteiger partial charge in [-0.25, -0.2) is 5.06 Å². The molecule has 3 amide bonds. The fourth-order valence-electron chi connectivity index (χ4n) is 3.58. The van der Waals surface area contributed by atoms with Crippen molar-refractivity contribution in [1.82, 2.24) is 15.7 Å². The Kier molecular flexibility index (Phi) is 11.1. The predicted molar refractivity (Wildman–Crippen MR) is 109 cm³/mol. The molecular formula is C21H39N3O4. The summed E-state index contributed by atoms with van der Waals surface area (Å²) in [5.74, 6) is -1.01. The van der Waals surface area contributed by atoms with E-state index in [0.29, 0.717) is 24.4 Å². The second kappa shape index (κ2) is 12.8. The van der Waals surface area contributed by atoms with Crippen LogP contribution in [0.5, 0.6) is 0 Å². The van der Waals surface area contributed by atoms with E-state index in [2.05, 4.69) is 10.6 Å². The van der Waals surface area contributed by atoms with Crippen LogP contribution in [0.3, 0.4) is 0 Å². The van der Waals surface area contributed by atoms with E-state index < -0.39 is 17.4 Å². The second-order valence-corrected chi connectivity index (χ2v) is 8.99. The zero-order valence-electron chi connectivity index (χ0n) is 17.8. The number of hydroxylamine groups is 2. The van der Waals surface area contributed by atoms with Crippen molar-refractivity contribution < 1.29 is 19.6 Å². The number of hydrogen-bond acceptors (Lipinski definition) is 4. The van der Waals surface area contributed by atoms with E-state index in [1.165, 1.54) is 25.7 Å². The molecule has 0 aromatic carbocycles. The second-order valence-electron chi connectivity index (χ2n) is 8.99. The van der Waals surface area contributed by atoms with Crippen LogP contribution >= 0.6 is 0 Å². The van der Waals surface area contributed by atoms with Gasteiger partial charge in [0, 0.05) is 6.54 Å². The van der Waals surface area contributed by atoms with Gasteiger partial charge in [-0.15, -0.1) is 0 Å². The molecule has 1 unspecified atom stereocenters. The Morgan fingerprint density at radius 1 is 0.964 bits per heavy atom. The molecule has 1 heterocycles. The first-order chi connectivity index (χ1) is 13.3. The predicted octanol–water partition coefficient (Wildman–Crippen LogP) is 3.01. The molecular weight excluding hydrogens is 358 g/mol. The topological polar surface area (TPSA) is 98.7 Å². The molecule has 1 fully saturated rings. The maximum absolute atomic E-state index is 12.9. The number of hydrogen-bond donors (Lipinski definition) is 3. The van der Waals surface area contributed by atoms with Crippen LogP contribution in [-0.2, 0) is 14.4 Å². The van der Waals surface area contributed by atoms with Gasteiger partial charge in [-0.1, -0.05) is 72.1 Å². The molecule has 1 saturated heterocycles. The normalized spacial score (nSPS) is 24.6. The number of nitrogens with one attached hydrogen (secondary N) is 2. The number of carbonyl (C=O) groups is 3.